The van der Waals surface area contributed by atoms with Crippen molar-refractivity contribution in [1.29, 1.82) is 0 Å². The van der Waals surface area contributed by atoms with Gasteiger partial charge in [0.25, 0.3) is 0 Å². The molecule has 1 heterocycles. The van der Waals surface area contributed by atoms with Crippen LogP contribution in [0.25, 0.3) is 0 Å². The summed E-state index contributed by atoms with van der Waals surface area (Å²) in [7, 11) is -0.681. The first-order valence-electron chi connectivity index (χ1n) is 7.35. The molecule has 0 saturated carbocycles. The van der Waals surface area contributed by atoms with Crippen LogP contribution >= 0.6 is 0 Å². The molecular weight excluding hydrogens is 270 g/mol. The zero-order chi connectivity index (χ0) is 14.7. The third-order valence-corrected chi connectivity index (χ3v) is 5.77. The van der Waals surface area contributed by atoms with E-state index in [-0.39, 0.29) is 11.4 Å². The first-order chi connectivity index (χ1) is 9.49. The van der Waals surface area contributed by atoms with Crippen LogP contribution in [0.2, 0.25) is 0 Å². The van der Waals surface area contributed by atoms with Crippen LogP contribution in [0.15, 0.2) is 24.3 Å². The van der Waals surface area contributed by atoms with E-state index < -0.39 is 10.8 Å². The lowest BCUT2D eigenvalue weighted by Gasteiger charge is -2.37. The van der Waals surface area contributed by atoms with Crippen molar-refractivity contribution in [2.75, 3.05) is 12.3 Å². The molecule has 2 rings (SSSR count). The molecule has 1 aliphatic heterocycles. The van der Waals surface area contributed by atoms with Gasteiger partial charge in [-0.25, -0.2) is 0 Å². The van der Waals surface area contributed by atoms with Gasteiger partial charge in [0.2, 0.25) is 0 Å². The molecule has 1 saturated heterocycles. The second-order valence-electron chi connectivity index (χ2n) is 5.78. The summed E-state index contributed by atoms with van der Waals surface area (Å²) in [5.74, 6) is 1.74. The van der Waals surface area contributed by atoms with E-state index >= 15 is 0 Å². The van der Waals surface area contributed by atoms with E-state index in [1.807, 2.05) is 26.0 Å². The van der Waals surface area contributed by atoms with E-state index in [1.165, 1.54) is 5.56 Å². The summed E-state index contributed by atoms with van der Waals surface area (Å²) < 4.78 is 17.8. The molecule has 0 bridgehead atoms. The van der Waals surface area contributed by atoms with Crippen LogP contribution in [-0.2, 0) is 17.3 Å². The summed E-state index contributed by atoms with van der Waals surface area (Å²) >= 11 is 0. The van der Waals surface area contributed by atoms with Gasteiger partial charge in [-0.15, -0.1) is 0 Å². The first kappa shape index (κ1) is 15.5. The predicted octanol–water partition coefficient (Wildman–Crippen LogP) is 2.82. The predicted molar refractivity (Wildman–Crippen MR) is 84.5 cm³/mol. The SMILES string of the molecule is CC(C)Oc1ccccc1CN1CC[S@](=O)[C@@H](C)[C@@H]1C. The highest BCUT2D eigenvalue weighted by Crippen LogP contribution is 2.24. The van der Waals surface area contributed by atoms with Crippen LogP contribution in [0.5, 0.6) is 5.75 Å². The largest absolute Gasteiger partial charge is 0.491 e. The van der Waals surface area contributed by atoms with Crippen LogP contribution in [0, 0.1) is 0 Å². The fourth-order valence-corrected chi connectivity index (χ4v) is 3.96. The molecule has 20 heavy (non-hydrogen) atoms. The summed E-state index contributed by atoms with van der Waals surface area (Å²) in [6, 6.07) is 8.57. The molecule has 3 atom stereocenters. The van der Waals surface area contributed by atoms with Gasteiger partial charge in [-0.3, -0.25) is 9.11 Å². The molecule has 3 nitrogen and oxygen atoms in total. The zero-order valence-corrected chi connectivity index (χ0v) is 13.7. The van der Waals surface area contributed by atoms with Crippen LogP contribution in [0.1, 0.15) is 33.3 Å². The lowest BCUT2D eigenvalue weighted by Crippen LogP contribution is -2.49. The van der Waals surface area contributed by atoms with Crippen molar-refractivity contribution in [3.05, 3.63) is 29.8 Å². The Bertz CT molecular complexity index is 475. The molecule has 0 radical (unpaired) electrons. The van der Waals surface area contributed by atoms with E-state index in [9.17, 15) is 4.21 Å². The van der Waals surface area contributed by atoms with Gasteiger partial charge in [-0.1, -0.05) is 18.2 Å². The number of nitrogens with zero attached hydrogens (tertiary/aromatic N) is 1. The molecule has 112 valence electrons. The van der Waals surface area contributed by atoms with Crippen molar-refractivity contribution < 1.29 is 8.95 Å². The van der Waals surface area contributed by atoms with E-state index in [2.05, 4.69) is 30.9 Å². The molecule has 1 aromatic carbocycles. The molecule has 1 aromatic rings. The normalized spacial score (nSPS) is 27.8. The quantitative estimate of drug-likeness (QED) is 0.855. The van der Waals surface area contributed by atoms with Gasteiger partial charge >= 0.3 is 0 Å². The summed E-state index contributed by atoms with van der Waals surface area (Å²) in [4.78, 5) is 2.41. The van der Waals surface area contributed by atoms with Gasteiger partial charge < -0.3 is 4.74 Å². The van der Waals surface area contributed by atoms with E-state index in [4.69, 9.17) is 4.74 Å². The lowest BCUT2D eigenvalue weighted by molar-refractivity contribution is 0.191. The maximum absolute atomic E-state index is 11.9. The van der Waals surface area contributed by atoms with Gasteiger partial charge in [0.15, 0.2) is 0 Å². The Labute approximate surface area is 124 Å². The standard InChI is InChI=1S/C16H25NO2S/c1-12(2)19-16-8-6-5-7-15(16)11-17-9-10-20(18)14(4)13(17)3/h5-8,12-14H,9-11H2,1-4H3/t13-,14-,20-/m0/s1. The second-order valence-corrected chi connectivity index (χ2v) is 7.69. The van der Waals surface area contributed by atoms with E-state index in [0.717, 1.165) is 24.6 Å². The molecule has 1 aliphatic rings. The lowest BCUT2D eigenvalue weighted by atomic mass is 10.1. The smallest absolute Gasteiger partial charge is 0.124 e. The Morgan fingerprint density at radius 1 is 1.35 bits per heavy atom. The third-order valence-electron chi connectivity index (χ3n) is 3.96. The topological polar surface area (TPSA) is 29.5 Å². The van der Waals surface area contributed by atoms with Gasteiger partial charge in [-0.2, -0.15) is 0 Å². The molecular formula is C16H25NO2S. The summed E-state index contributed by atoms with van der Waals surface area (Å²) in [6.07, 6.45) is 0.182. The Morgan fingerprint density at radius 2 is 2.05 bits per heavy atom. The minimum atomic E-state index is -0.681. The Balaban J connectivity index is 2.12. The van der Waals surface area contributed by atoms with Gasteiger partial charge in [0.1, 0.15) is 5.75 Å². The van der Waals surface area contributed by atoms with E-state index in [1.54, 1.807) is 0 Å². The van der Waals surface area contributed by atoms with Gasteiger partial charge in [0, 0.05) is 46.5 Å². The highest BCUT2D eigenvalue weighted by molar-refractivity contribution is 7.85. The average molecular weight is 295 g/mol. The molecule has 0 aromatic heterocycles. The van der Waals surface area contributed by atoms with Crippen LogP contribution in [-0.4, -0.2) is 38.8 Å². The minimum Gasteiger partial charge on any atom is -0.491 e. The van der Waals surface area contributed by atoms with Gasteiger partial charge in [0.05, 0.1) is 6.10 Å². The molecule has 0 aliphatic carbocycles. The fraction of sp³-hybridized carbons (Fsp3) is 0.625. The number of hydrogen-bond acceptors (Lipinski definition) is 3. The van der Waals surface area contributed by atoms with Crippen molar-refractivity contribution >= 4 is 10.8 Å². The molecule has 0 N–H and O–H groups in total. The molecule has 1 fully saturated rings. The zero-order valence-electron chi connectivity index (χ0n) is 12.8. The number of para-hydroxylation sites is 1. The van der Waals surface area contributed by atoms with Crippen molar-refractivity contribution in [3.8, 4) is 5.75 Å². The number of benzene rings is 1. The Hall–Kier alpha value is -0.870. The molecule has 0 unspecified atom stereocenters. The molecule has 4 heteroatoms. The highest BCUT2D eigenvalue weighted by atomic mass is 32.2. The van der Waals surface area contributed by atoms with E-state index in [0.29, 0.717) is 6.04 Å². The van der Waals surface area contributed by atoms with Crippen molar-refractivity contribution in [2.45, 2.75) is 51.6 Å². The fourth-order valence-electron chi connectivity index (χ4n) is 2.56. The summed E-state index contributed by atoms with van der Waals surface area (Å²) in [5.41, 5.74) is 1.22. The van der Waals surface area contributed by atoms with Crippen LogP contribution in [0.4, 0.5) is 0 Å². The monoisotopic (exact) mass is 295 g/mol. The van der Waals surface area contributed by atoms with Gasteiger partial charge in [-0.05, 0) is 33.8 Å². The molecule has 0 spiro atoms. The number of hydrogen-bond donors (Lipinski definition) is 0. The minimum absolute atomic E-state index is 0.182. The second kappa shape index (κ2) is 6.72. The first-order valence-corrected chi connectivity index (χ1v) is 8.73. The maximum Gasteiger partial charge on any atom is 0.124 e. The van der Waals surface area contributed by atoms with Crippen LogP contribution in [0.3, 0.4) is 0 Å². The van der Waals surface area contributed by atoms with Crippen LogP contribution < -0.4 is 4.74 Å². The Morgan fingerprint density at radius 3 is 2.75 bits per heavy atom. The number of rotatable bonds is 4. The van der Waals surface area contributed by atoms with Crippen molar-refractivity contribution in [1.82, 2.24) is 4.90 Å². The maximum atomic E-state index is 11.9. The third kappa shape index (κ3) is 3.61. The molecule has 0 amide bonds. The number of ether oxygens (including phenoxy) is 1. The van der Waals surface area contributed by atoms with Crippen molar-refractivity contribution in [3.63, 3.8) is 0 Å². The summed E-state index contributed by atoms with van der Waals surface area (Å²) in [6.45, 7) is 10.1. The van der Waals surface area contributed by atoms with Crippen molar-refractivity contribution in [2.24, 2.45) is 0 Å². The summed E-state index contributed by atoms with van der Waals surface area (Å²) in [5, 5.41) is 0.238. The highest BCUT2D eigenvalue weighted by Gasteiger charge is 2.30. The average Bonchev–Trinajstić information content (AvgIpc) is 2.41. The Kier molecular flexibility index (Phi) is 5.22.